The molecule has 1 heterocycles. The SMILES string of the molecule is CCC(C)(C(=O)O)C1(O)CCN(C2CC2)CC1. The maximum Gasteiger partial charge on any atom is 0.312 e. The van der Waals surface area contributed by atoms with Crippen molar-refractivity contribution in [1.82, 2.24) is 4.90 Å². The maximum atomic E-state index is 11.4. The van der Waals surface area contributed by atoms with Crippen molar-refractivity contribution in [2.24, 2.45) is 5.41 Å². The van der Waals surface area contributed by atoms with E-state index < -0.39 is 17.0 Å². The third-order valence-corrected chi connectivity index (χ3v) is 4.89. The van der Waals surface area contributed by atoms with Crippen LogP contribution in [0.2, 0.25) is 0 Å². The predicted molar refractivity (Wildman–Crippen MR) is 64.8 cm³/mol. The molecule has 0 aromatic carbocycles. The molecule has 4 nitrogen and oxygen atoms in total. The first kappa shape index (κ1) is 12.8. The van der Waals surface area contributed by atoms with E-state index >= 15 is 0 Å². The van der Waals surface area contributed by atoms with E-state index in [4.69, 9.17) is 0 Å². The Hall–Kier alpha value is -0.610. The van der Waals surface area contributed by atoms with Gasteiger partial charge >= 0.3 is 5.97 Å². The Morgan fingerprint density at radius 1 is 1.41 bits per heavy atom. The van der Waals surface area contributed by atoms with Gasteiger partial charge in [-0.05, 0) is 39.0 Å². The highest BCUT2D eigenvalue weighted by Gasteiger charge is 2.53. The lowest BCUT2D eigenvalue weighted by atomic mass is 9.66. The Kier molecular flexibility index (Phi) is 3.21. The molecule has 2 fully saturated rings. The van der Waals surface area contributed by atoms with Gasteiger partial charge in [-0.15, -0.1) is 0 Å². The zero-order chi connectivity index (χ0) is 12.7. The van der Waals surface area contributed by atoms with Gasteiger partial charge in [-0.1, -0.05) is 6.92 Å². The van der Waals surface area contributed by atoms with Crippen molar-refractivity contribution in [2.45, 2.75) is 57.6 Å². The number of aliphatic hydroxyl groups is 1. The molecule has 0 aromatic rings. The number of likely N-dealkylation sites (tertiary alicyclic amines) is 1. The van der Waals surface area contributed by atoms with Crippen molar-refractivity contribution in [2.75, 3.05) is 13.1 Å². The van der Waals surface area contributed by atoms with E-state index in [1.165, 1.54) is 12.8 Å². The average molecular weight is 241 g/mol. The fraction of sp³-hybridized carbons (Fsp3) is 0.923. The third kappa shape index (κ3) is 2.08. The van der Waals surface area contributed by atoms with Crippen molar-refractivity contribution >= 4 is 5.97 Å². The molecule has 0 aromatic heterocycles. The highest BCUT2D eigenvalue weighted by Crippen LogP contribution is 2.43. The van der Waals surface area contributed by atoms with Gasteiger partial charge in [0.05, 0.1) is 11.0 Å². The summed E-state index contributed by atoms with van der Waals surface area (Å²) in [5.41, 5.74) is -2.05. The summed E-state index contributed by atoms with van der Waals surface area (Å²) in [6.45, 7) is 5.20. The second kappa shape index (κ2) is 4.25. The fourth-order valence-corrected chi connectivity index (χ4v) is 2.93. The number of hydrogen-bond donors (Lipinski definition) is 2. The van der Waals surface area contributed by atoms with Crippen LogP contribution in [0.15, 0.2) is 0 Å². The van der Waals surface area contributed by atoms with Crippen LogP contribution in [-0.4, -0.2) is 45.8 Å². The molecular weight excluding hydrogens is 218 g/mol. The summed E-state index contributed by atoms with van der Waals surface area (Å²) < 4.78 is 0. The summed E-state index contributed by atoms with van der Waals surface area (Å²) in [4.78, 5) is 13.8. The summed E-state index contributed by atoms with van der Waals surface area (Å²) in [5, 5.41) is 20.0. The number of piperidine rings is 1. The van der Waals surface area contributed by atoms with Crippen molar-refractivity contribution in [3.63, 3.8) is 0 Å². The van der Waals surface area contributed by atoms with E-state index in [2.05, 4.69) is 4.90 Å². The molecule has 1 saturated heterocycles. The smallest absolute Gasteiger partial charge is 0.312 e. The number of carbonyl (C=O) groups is 1. The molecule has 2 rings (SSSR count). The molecule has 2 N–H and O–H groups in total. The monoisotopic (exact) mass is 241 g/mol. The van der Waals surface area contributed by atoms with Crippen LogP contribution in [0, 0.1) is 5.41 Å². The number of rotatable bonds is 4. The Labute approximate surface area is 103 Å². The van der Waals surface area contributed by atoms with Gasteiger partial charge in [-0.3, -0.25) is 4.79 Å². The number of nitrogens with zero attached hydrogens (tertiary/aromatic N) is 1. The van der Waals surface area contributed by atoms with E-state index in [0.717, 1.165) is 13.1 Å². The molecule has 1 saturated carbocycles. The molecule has 98 valence electrons. The van der Waals surface area contributed by atoms with Crippen LogP contribution in [0.25, 0.3) is 0 Å². The Morgan fingerprint density at radius 3 is 2.29 bits per heavy atom. The van der Waals surface area contributed by atoms with E-state index in [1.54, 1.807) is 6.92 Å². The van der Waals surface area contributed by atoms with Crippen LogP contribution >= 0.6 is 0 Å². The summed E-state index contributed by atoms with van der Waals surface area (Å²) in [7, 11) is 0. The van der Waals surface area contributed by atoms with E-state index in [9.17, 15) is 15.0 Å². The van der Waals surface area contributed by atoms with Crippen molar-refractivity contribution in [3.05, 3.63) is 0 Å². The van der Waals surface area contributed by atoms with Crippen molar-refractivity contribution < 1.29 is 15.0 Å². The van der Waals surface area contributed by atoms with Gasteiger partial charge in [0.15, 0.2) is 0 Å². The normalized spacial score (nSPS) is 28.6. The molecule has 1 atom stereocenters. The molecule has 2 aliphatic rings. The van der Waals surface area contributed by atoms with Gasteiger partial charge in [0.25, 0.3) is 0 Å². The van der Waals surface area contributed by atoms with E-state index in [1.807, 2.05) is 6.92 Å². The molecule has 0 spiro atoms. The van der Waals surface area contributed by atoms with Gasteiger partial charge in [0.2, 0.25) is 0 Å². The summed E-state index contributed by atoms with van der Waals surface area (Å²) >= 11 is 0. The minimum atomic E-state index is -1.04. The first-order valence-corrected chi connectivity index (χ1v) is 6.63. The Bertz CT molecular complexity index is 306. The fourth-order valence-electron chi connectivity index (χ4n) is 2.93. The first-order chi connectivity index (χ1) is 7.93. The van der Waals surface area contributed by atoms with Gasteiger partial charge in [0.1, 0.15) is 0 Å². The van der Waals surface area contributed by atoms with Crippen LogP contribution in [0.3, 0.4) is 0 Å². The van der Waals surface area contributed by atoms with Crippen molar-refractivity contribution in [3.8, 4) is 0 Å². The van der Waals surface area contributed by atoms with E-state index in [0.29, 0.717) is 25.3 Å². The summed E-state index contributed by atoms with van der Waals surface area (Å²) in [5.74, 6) is -0.873. The van der Waals surface area contributed by atoms with Gasteiger partial charge in [-0.25, -0.2) is 0 Å². The second-order valence-corrected chi connectivity index (χ2v) is 5.79. The standard InChI is InChI=1S/C13H23NO3/c1-3-12(2,11(15)16)13(17)6-8-14(9-7-13)10-4-5-10/h10,17H,3-9H2,1-2H3,(H,15,16). The molecular formula is C13H23NO3. The molecule has 1 aliphatic carbocycles. The van der Waals surface area contributed by atoms with Gasteiger partial charge < -0.3 is 15.1 Å². The third-order valence-electron chi connectivity index (χ3n) is 4.89. The van der Waals surface area contributed by atoms with Crippen LogP contribution in [-0.2, 0) is 4.79 Å². The summed E-state index contributed by atoms with van der Waals surface area (Å²) in [6.07, 6.45) is 4.17. The average Bonchev–Trinajstić information content (AvgIpc) is 3.12. The largest absolute Gasteiger partial charge is 0.481 e. The highest BCUT2D eigenvalue weighted by atomic mass is 16.4. The van der Waals surface area contributed by atoms with Gasteiger partial charge in [0, 0.05) is 19.1 Å². The number of hydrogen-bond acceptors (Lipinski definition) is 3. The number of carboxylic acid groups (broad SMARTS) is 1. The zero-order valence-corrected chi connectivity index (χ0v) is 10.8. The van der Waals surface area contributed by atoms with Crippen LogP contribution < -0.4 is 0 Å². The molecule has 17 heavy (non-hydrogen) atoms. The molecule has 4 heteroatoms. The topological polar surface area (TPSA) is 60.8 Å². The molecule has 1 aliphatic heterocycles. The second-order valence-electron chi connectivity index (χ2n) is 5.79. The molecule has 0 bridgehead atoms. The van der Waals surface area contributed by atoms with Crippen LogP contribution in [0.1, 0.15) is 46.0 Å². The molecule has 0 radical (unpaired) electrons. The maximum absolute atomic E-state index is 11.4. The number of aliphatic carboxylic acids is 1. The lowest BCUT2D eigenvalue weighted by molar-refractivity contribution is -0.175. The number of carboxylic acids is 1. The minimum Gasteiger partial charge on any atom is -0.481 e. The molecule has 0 amide bonds. The Morgan fingerprint density at radius 2 is 1.94 bits per heavy atom. The minimum absolute atomic E-state index is 0.474. The lowest BCUT2D eigenvalue weighted by Gasteiger charge is -2.47. The zero-order valence-electron chi connectivity index (χ0n) is 10.8. The lowest BCUT2D eigenvalue weighted by Crippen LogP contribution is -2.57. The summed E-state index contributed by atoms with van der Waals surface area (Å²) in [6, 6.07) is 0.706. The Balaban J connectivity index is 2.06. The van der Waals surface area contributed by atoms with Crippen LogP contribution in [0.4, 0.5) is 0 Å². The predicted octanol–water partition coefficient (Wildman–Crippen LogP) is 1.48. The quantitative estimate of drug-likeness (QED) is 0.782. The van der Waals surface area contributed by atoms with E-state index in [-0.39, 0.29) is 0 Å². The highest BCUT2D eigenvalue weighted by molar-refractivity contribution is 5.75. The first-order valence-electron chi connectivity index (χ1n) is 6.63. The van der Waals surface area contributed by atoms with Crippen LogP contribution in [0.5, 0.6) is 0 Å². The molecule has 1 unspecified atom stereocenters. The van der Waals surface area contributed by atoms with Crippen molar-refractivity contribution in [1.29, 1.82) is 0 Å². The van der Waals surface area contributed by atoms with Gasteiger partial charge in [-0.2, -0.15) is 0 Å².